The highest BCUT2D eigenvalue weighted by molar-refractivity contribution is 7.89. The molecule has 0 aliphatic rings. The highest BCUT2D eigenvalue weighted by Gasteiger charge is 2.23. The second-order valence-corrected chi connectivity index (χ2v) is 6.92. The maximum atomic E-state index is 12.4. The molecule has 0 aliphatic carbocycles. The van der Waals surface area contributed by atoms with Gasteiger partial charge in [0.2, 0.25) is 10.0 Å². The van der Waals surface area contributed by atoms with E-state index in [0.717, 1.165) is 0 Å². The SMILES string of the molecule is COCCN(CCCl)c1ccccc1S(=O)(=O)N(C)C. The lowest BCUT2D eigenvalue weighted by Crippen LogP contribution is -2.32. The minimum Gasteiger partial charge on any atom is -0.383 e. The third-order valence-corrected chi connectivity index (χ3v) is 4.92. The molecule has 5 nitrogen and oxygen atoms in total. The normalized spacial score (nSPS) is 11.8. The predicted octanol–water partition coefficient (Wildman–Crippen LogP) is 1.63. The van der Waals surface area contributed by atoms with Gasteiger partial charge in [0.1, 0.15) is 4.90 Å². The minimum atomic E-state index is -3.49. The number of benzene rings is 1. The lowest BCUT2D eigenvalue weighted by atomic mass is 10.3. The summed E-state index contributed by atoms with van der Waals surface area (Å²) in [6.45, 7) is 1.65. The van der Waals surface area contributed by atoms with Gasteiger partial charge in [0.05, 0.1) is 12.3 Å². The molecule has 0 N–H and O–H groups in total. The Morgan fingerprint density at radius 3 is 2.40 bits per heavy atom. The van der Waals surface area contributed by atoms with E-state index in [9.17, 15) is 8.42 Å². The average Bonchev–Trinajstić information content (AvgIpc) is 2.43. The zero-order chi connectivity index (χ0) is 15.2. The third kappa shape index (κ3) is 4.09. The van der Waals surface area contributed by atoms with Crippen molar-refractivity contribution >= 4 is 27.3 Å². The summed E-state index contributed by atoms with van der Waals surface area (Å²) in [5.74, 6) is 0.417. The Morgan fingerprint density at radius 2 is 1.85 bits per heavy atom. The van der Waals surface area contributed by atoms with Gasteiger partial charge in [0.25, 0.3) is 0 Å². The van der Waals surface area contributed by atoms with Gasteiger partial charge in [-0.15, -0.1) is 11.6 Å². The van der Waals surface area contributed by atoms with Crippen LogP contribution in [0.4, 0.5) is 5.69 Å². The molecule has 1 rings (SSSR count). The number of methoxy groups -OCH3 is 1. The largest absolute Gasteiger partial charge is 0.383 e. The number of hydrogen-bond donors (Lipinski definition) is 0. The number of nitrogens with zero attached hydrogens (tertiary/aromatic N) is 2. The number of sulfonamides is 1. The first kappa shape index (κ1) is 17.2. The monoisotopic (exact) mass is 320 g/mol. The van der Waals surface area contributed by atoms with E-state index in [0.29, 0.717) is 31.3 Å². The van der Waals surface area contributed by atoms with Gasteiger partial charge in [-0.3, -0.25) is 0 Å². The van der Waals surface area contributed by atoms with Gasteiger partial charge in [0, 0.05) is 40.2 Å². The Morgan fingerprint density at radius 1 is 1.20 bits per heavy atom. The van der Waals surface area contributed by atoms with Crippen LogP contribution in [0.25, 0.3) is 0 Å². The van der Waals surface area contributed by atoms with Gasteiger partial charge in [0.15, 0.2) is 0 Å². The van der Waals surface area contributed by atoms with Crippen molar-refractivity contribution in [3.8, 4) is 0 Å². The van der Waals surface area contributed by atoms with Crippen LogP contribution in [0.2, 0.25) is 0 Å². The summed E-state index contributed by atoms with van der Waals surface area (Å²) in [4.78, 5) is 2.21. The Bertz CT molecular complexity index is 520. The zero-order valence-electron chi connectivity index (χ0n) is 12.0. The third-order valence-electron chi connectivity index (χ3n) is 2.88. The topological polar surface area (TPSA) is 49.9 Å². The van der Waals surface area contributed by atoms with Crippen molar-refractivity contribution in [3.63, 3.8) is 0 Å². The van der Waals surface area contributed by atoms with Crippen LogP contribution >= 0.6 is 11.6 Å². The molecular formula is C13H21ClN2O3S. The standard InChI is InChI=1S/C13H21ClN2O3S/c1-15(2)20(17,18)13-7-5-4-6-12(13)16(9-8-14)10-11-19-3/h4-7H,8-11H2,1-3H3. The smallest absolute Gasteiger partial charge is 0.244 e. The molecule has 0 fully saturated rings. The van der Waals surface area contributed by atoms with Crippen LogP contribution in [-0.4, -0.2) is 59.5 Å². The molecule has 0 bridgehead atoms. The molecule has 0 saturated carbocycles. The molecule has 7 heteroatoms. The highest BCUT2D eigenvalue weighted by atomic mass is 35.5. The van der Waals surface area contributed by atoms with Crippen LogP contribution in [0.3, 0.4) is 0 Å². The lowest BCUT2D eigenvalue weighted by molar-refractivity contribution is 0.205. The van der Waals surface area contributed by atoms with Gasteiger partial charge >= 0.3 is 0 Å². The van der Waals surface area contributed by atoms with E-state index in [1.54, 1.807) is 25.3 Å². The second kappa shape index (κ2) is 7.83. The molecule has 0 atom stereocenters. The maximum absolute atomic E-state index is 12.4. The van der Waals surface area contributed by atoms with Gasteiger partial charge in [-0.2, -0.15) is 0 Å². The quantitative estimate of drug-likeness (QED) is 0.683. The molecule has 20 heavy (non-hydrogen) atoms. The molecule has 1 aromatic carbocycles. The summed E-state index contributed by atoms with van der Waals surface area (Å²) in [6.07, 6.45) is 0. The Hall–Kier alpha value is -0.820. The van der Waals surface area contributed by atoms with Crippen LogP contribution in [0, 0.1) is 0 Å². The number of ether oxygens (including phenoxy) is 1. The summed E-state index contributed by atoms with van der Waals surface area (Å²) < 4.78 is 31.0. The van der Waals surface area contributed by atoms with Gasteiger partial charge in [-0.25, -0.2) is 12.7 Å². The van der Waals surface area contributed by atoms with Crippen molar-refractivity contribution in [1.82, 2.24) is 4.31 Å². The van der Waals surface area contributed by atoms with Gasteiger partial charge in [-0.1, -0.05) is 12.1 Å². The molecule has 0 heterocycles. The summed E-state index contributed by atoms with van der Waals surface area (Å²) in [7, 11) is 1.17. The highest BCUT2D eigenvalue weighted by Crippen LogP contribution is 2.26. The van der Waals surface area contributed by atoms with Gasteiger partial charge in [-0.05, 0) is 12.1 Å². The predicted molar refractivity (Wildman–Crippen MR) is 82.1 cm³/mol. The lowest BCUT2D eigenvalue weighted by Gasteiger charge is -2.26. The maximum Gasteiger partial charge on any atom is 0.244 e. The van der Waals surface area contributed by atoms with E-state index in [1.807, 2.05) is 11.0 Å². The van der Waals surface area contributed by atoms with Crippen molar-refractivity contribution in [3.05, 3.63) is 24.3 Å². The van der Waals surface area contributed by atoms with E-state index in [-0.39, 0.29) is 4.90 Å². The molecule has 0 saturated heterocycles. The number of hydrogen-bond acceptors (Lipinski definition) is 4. The molecule has 0 aliphatic heterocycles. The van der Waals surface area contributed by atoms with Crippen molar-refractivity contribution in [1.29, 1.82) is 0 Å². The first-order chi connectivity index (χ1) is 9.45. The molecule has 0 unspecified atom stereocenters. The van der Waals surface area contributed by atoms with E-state index in [2.05, 4.69) is 0 Å². The van der Waals surface area contributed by atoms with Crippen LogP contribution < -0.4 is 4.90 Å². The Balaban J connectivity index is 3.22. The van der Waals surface area contributed by atoms with Crippen LogP contribution in [-0.2, 0) is 14.8 Å². The molecule has 0 amide bonds. The molecular weight excluding hydrogens is 300 g/mol. The van der Waals surface area contributed by atoms with E-state index in [1.165, 1.54) is 18.4 Å². The second-order valence-electron chi connectivity index (χ2n) is 4.42. The fraction of sp³-hybridized carbons (Fsp3) is 0.538. The van der Waals surface area contributed by atoms with E-state index >= 15 is 0 Å². The number of anilines is 1. The van der Waals surface area contributed by atoms with Crippen LogP contribution in [0.5, 0.6) is 0 Å². The summed E-state index contributed by atoms with van der Waals surface area (Å²) in [5, 5.41) is 0. The minimum absolute atomic E-state index is 0.284. The molecule has 0 spiro atoms. The average molecular weight is 321 g/mol. The first-order valence-corrected chi connectivity index (χ1v) is 8.24. The molecule has 114 valence electrons. The molecule has 1 aromatic rings. The number of para-hydroxylation sites is 1. The molecule has 0 aromatic heterocycles. The summed E-state index contributed by atoms with van der Waals surface area (Å²) in [5.41, 5.74) is 0.652. The number of rotatable bonds is 8. The summed E-state index contributed by atoms with van der Waals surface area (Å²) >= 11 is 5.81. The Labute approximate surface area is 126 Å². The van der Waals surface area contributed by atoms with E-state index < -0.39 is 10.0 Å². The zero-order valence-corrected chi connectivity index (χ0v) is 13.6. The number of alkyl halides is 1. The van der Waals surface area contributed by atoms with Crippen molar-refractivity contribution in [2.45, 2.75) is 4.90 Å². The fourth-order valence-electron chi connectivity index (χ4n) is 1.79. The van der Waals surface area contributed by atoms with Crippen LogP contribution in [0.1, 0.15) is 0 Å². The molecule has 0 radical (unpaired) electrons. The van der Waals surface area contributed by atoms with Crippen molar-refractivity contribution in [2.24, 2.45) is 0 Å². The van der Waals surface area contributed by atoms with Gasteiger partial charge < -0.3 is 9.64 Å². The van der Waals surface area contributed by atoms with Crippen LogP contribution in [0.15, 0.2) is 29.2 Å². The fourth-order valence-corrected chi connectivity index (χ4v) is 3.10. The Kier molecular flexibility index (Phi) is 6.75. The first-order valence-electron chi connectivity index (χ1n) is 6.26. The van der Waals surface area contributed by atoms with E-state index in [4.69, 9.17) is 16.3 Å². The number of halogens is 1. The van der Waals surface area contributed by atoms with Crippen molar-refractivity contribution in [2.75, 3.05) is 51.7 Å². The summed E-state index contributed by atoms with van der Waals surface area (Å²) in [6, 6.07) is 6.93. The van der Waals surface area contributed by atoms with Crippen molar-refractivity contribution < 1.29 is 13.2 Å².